The number of likely N-dealkylation sites (tertiary alicyclic amines) is 1. The number of nitrogens with one attached hydrogen (secondary N) is 1. The molecule has 1 atom stereocenters. The Morgan fingerprint density at radius 2 is 2.13 bits per heavy atom. The average Bonchev–Trinajstić information content (AvgIpc) is 2.27. The molecular formula is C13H28N2. The Kier molecular flexibility index (Phi) is 5.07. The first-order valence-corrected chi connectivity index (χ1v) is 6.47. The molecule has 1 fully saturated rings. The predicted molar refractivity (Wildman–Crippen MR) is 67.2 cm³/mol. The molecule has 1 N–H and O–H groups in total. The topological polar surface area (TPSA) is 15.3 Å². The molecule has 0 aliphatic carbocycles. The van der Waals surface area contributed by atoms with Gasteiger partial charge in [0, 0.05) is 12.6 Å². The van der Waals surface area contributed by atoms with Crippen molar-refractivity contribution in [2.24, 2.45) is 5.41 Å². The molecule has 0 aromatic carbocycles. The van der Waals surface area contributed by atoms with Gasteiger partial charge in [0.25, 0.3) is 0 Å². The van der Waals surface area contributed by atoms with Crippen molar-refractivity contribution in [3.63, 3.8) is 0 Å². The number of nitrogens with zero attached hydrogens (tertiary/aromatic N) is 1. The monoisotopic (exact) mass is 212 g/mol. The van der Waals surface area contributed by atoms with Crippen LogP contribution in [0.3, 0.4) is 0 Å². The van der Waals surface area contributed by atoms with E-state index >= 15 is 0 Å². The summed E-state index contributed by atoms with van der Waals surface area (Å²) in [4.78, 5) is 2.63. The quantitative estimate of drug-likeness (QED) is 0.753. The smallest absolute Gasteiger partial charge is 0.0192 e. The fourth-order valence-corrected chi connectivity index (χ4v) is 2.13. The van der Waals surface area contributed by atoms with Crippen LogP contribution in [0.25, 0.3) is 0 Å². The Hall–Kier alpha value is -0.0800. The summed E-state index contributed by atoms with van der Waals surface area (Å²) in [6.45, 7) is 10.9. The Balaban J connectivity index is 2.26. The van der Waals surface area contributed by atoms with E-state index in [9.17, 15) is 0 Å². The summed E-state index contributed by atoms with van der Waals surface area (Å²) in [6.07, 6.45) is 5.33. The highest BCUT2D eigenvalue weighted by molar-refractivity contribution is 4.78. The van der Waals surface area contributed by atoms with Gasteiger partial charge >= 0.3 is 0 Å². The van der Waals surface area contributed by atoms with Gasteiger partial charge in [-0.2, -0.15) is 0 Å². The highest BCUT2D eigenvalue weighted by Crippen LogP contribution is 2.25. The lowest BCUT2D eigenvalue weighted by atomic mass is 9.86. The van der Waals surface area contributed by atoms with Crippen LogP contribution < -0.4 is 5.32 Å². The molecule has 90 valence electrons. The molecule has 1 rings (SSSR count). The molecule has 1 unspecified atom stereocenters. The van der Waals surface area contributed by atoms with E-state index in [1.165, 1.54) is 45.3 Å². The van der Waals surface area contributed by atoms with Crippen LogP contribution in [-0.2, 0) is 0 Å². The molecule has 0 bridgehead atoms. The molecule has 2 nitrogen and oxygen atoms in total. The lowest BCUT2D eigenvalue weighted by molar-refractivity contribution is 0.165. The van der Waals surface area contributed by atoms with Crippen LogP contribution in [0.1, 0.15) is 46.5 Å². The summed E-state index contributed by atoms with van der Waals surface area (Å²) in [5.41, 5.74) is 0.520. The van der Waals surface area contributed by atoms with Crippen molar-refractivity contribution in [3.8, 4) is 0 Å². The van der Waals surface area contributed by atoms with E-state index in [2.05, 4.69) is 38.0 Å². The maximum Gasteiger partial charge on any atom is 0.0192 e. The van der Waals surface area contributed by atoms with Gasteiger partial charge in [-0.05, 0) is 44.8 Å². The van der Waals surface area contributed by atoms with Crippen molar-refractivity contribution >= 4 is 0 Å². The van der Waals surface area contributed by atoms with Crippen LogP contribution in [-0.4, -0.2) is 37.6 Å². The van der Waals surface area contributed by atoms with Gasteiger partial charge < -0.3 is 10.2 Å². The zero-order valence-electron chi connectivity index (χ0n) is 11.0. The zero-order chi connectivity index (χ0) is 11.3. The van der Waals surface area contributed by atoms with Crippen molar-refractivity contribution in [1.29, 1.82) is 0 Å². The highest BCUT2D eigenvalue weighted by Gasteiger charge is 2.21. The van der Waals surface area contributed by atoms with Gasteiger partial charge in [0.2, 0.25) is 0 Å². The van der Waals surface area contributed by atoms with Gasteiger partial charge in [-0.25, -0.2) is 0 Å². The first kappa shape index (κ1) is 13.0. The first-order valence-electron chi connectivity index (χ1n) is 6.47. The normalized spacial score (nSPS) is 24.4. The lowest BCUT2D eigenvalue weighted by Gasteiger charge is -2.34. The van der Waals surface area contributed by atoms with Crippen LogP contribution in [0, 0.1) is 5.41 Å². The Labute approximate surface area is 95.4 Å². The number of hydrogen-bond acceptors (Lipinski definition) is 2. The Morgan fingerprint density at radius 3 is 2.73 bits per heavy atom. The molecule has 0 saturated carbocycles. The molecule has 1 aliphatic rings. The summed E-state index contributed by atoms with van der Waals surface area (Å²) in [7, 11) is 2.09. The Bertz CT molecular complexity index is 177. The fraction of sp³-hybridized carbons (Fsp3) is 1.00. The maximum atomic E-state index is 3.40. The van der Waals surface area contributed by atoms with E-state index in [1.807, 2.05) is 0 Å². The van der Waals surface area contributed by atoms with E-state index in [1.54, 1.807) is 0 Å². The van der Waals surface area contributed by atoms with E-state index in [-0.39, 0.29) is 0 Å². The third-order valence-corrected chi connectivity index (χ3v) is 3.98. The van der Waals surface area contributed by atoms with Gasteiger partial charge in [0.15, 0.2) is 0 Å². The number of piperidine rings is 1. The molecule has 15 heavy (non-hydrogen) atoms. The molecule has 0 radical (unpaired) electrons. The second-order valence-corrected chi connectivity index (χ2v) is 5.70. The third-order valence-electron chi connectivity index (χ3n) is 3.98. The number of rotatable bonds is 5. The van der Waals surface area contributed by atoms with E-state index in [0.29, 0.717) is 5.41 Å². The van der Waals surface area contributed by atoms with Crippen LogP contribution in [0.5, 0.6) is 0 Å². The van der Waals surface area contributed by atoms with Crippen molar-refractivity contribution in [2.75, 3.05) is 26.7 Å². The minimum atomic E-state index is 0.520. The zero-order valence-corrected chi connectivity index (χ0v) is 11.0. The van der Waals surface area contributed by atoms with Crippen LogP contribution in [0.4, 0.5) is 0 Å². The second kappa shape index (κ2) is 5.86. The summed E-state index contributed by atoms with van der Waals surface area (Å²) in [5, 5.41) is 3.40. The van der Waals surface area contributed by atoms with Crippen molar-refractivity contribution < 1.29 is 0 Å². The van der Waals surface area contributed by atoms with Crippen LogP contribution in [0.15, 0.2) is 0 Å². The molecule has 0 aromatic heterocycles. The minimum absolute atomic E-state index is 0.520. The molecule has 0 amide bonds. The van der Waals surface area contributed by atoms with E-state index in [4.69, 9.17) is 0 Å². The van der Waals surface area contributed by atoms with Gasteiger partial charge in [-0.1, -0.05) is 27.2 Å². The van der Waals surface area contributed by atoms with Gasteiger partial charge in [-0.15, -0.1) is 0 Å². The fourth-order valence-electron chi connectivity index (χ4n) is 2.13. The second-order valence-electron chi connectivity index (χ2n) is 5.70. The summed E-state index contributed by atoms with van der Waals surface area (Å²) in [5.74, 6) is 0. The third kappa shape index (κ3) is 4.52. The molecule has 0 aromatic rings. The molecule has 2 heteroatoms. The largest absolute Gasteiger partial charge is 0.316 e. The van der Waals surface area contributed by atoms with Crippen molar-refractivity contribution in [3.05, 3.63) is 0 Å². The average molecular weight is 212 g/mol. The highest BCUT2D eigenvalue weighted by atomic mass is 15.2. The van der Waals surface area contributed by atoms with Gasteiger partial charge in [0.05, 0.1) is 0 Å². The maximum absolute atomic E-state index is 3.40. The molecular weight excluding hydrogens is 184 g/mol. The lowest BCUT2D eigenvalue weighted by Crippen LogP contribution is -2.45. The summed E-state index contributed by atoms with van der Waals surface area (Å²) < 4.78 is 0. The SMILES string of the molecule is CCC(C)(C)CCN1CCCC(NC)C1. The molecule has 0 spiro atoms. The van der Waals surface area contributed by atoms with E-state index in [0.717, 1.165) is 6.04 Å². The minimum Gasteiger partial charge on any atom is -0.316 e. The van der Waals surface area contributed by atoms with Gasteiger partial charge in [-0.3, -0.25) is 0 Å². The summed E-state index contributed by atoms with van der Waals surface area (Å²) >= 11 is 0. The van der Waals surface area contributed by atoms with Crippen LogP contribution >= 0.6 is 0 Å². The molecule has 1 aliphatic heterocycles. The van der Waals surface area contributed by atoms with E-state index < -0.39 is 0 Å². The summed E-state index contributed by atoms with van der Waals surface area (Å²) in [6, 6.07) is 0.725. The van der Waals surface area contributed by atoms with Crippen molar-refractivity contribution in [2.45, 2.75) is 52.5 Å². The molecule has 1 heterocycles. The standard InChI is InChI=1S/C13H28N2/c1-5-13(2,3)8-10-15-9-6-7-12(11-15)14-4/h12,14H,5-11H2,1-4H3. The van der Waals surface area contributed by atoms with Gasteiger partial charge in [0.1, 0.15) is 0 Å². The number of hydrogen-bond donors (Lipinski definition) is 1. The predicted octanol–water partition coefficient (Wildman–Crippen LogP) is 2.50. The number of likely N-dealkylation sites (N-methyl/N-ethyl adjacent to an activating group) is 1. The van der Waals surface area contributed by atoms with Crippen molar-refractivity contribution in [1.82, 2.24) is 10.2 Å². The van der Waals surface area contributed by atoms with Crippen LogP contribution in [0.2, 0.25) is 0 Å². The first-order chi connectivity index (χ1) is 7.07. The Morgan fingerprint density at radius 1 is 1.40 bits per heavy atom. The molecule has 1 saturated heterocycles.